The second-order valence-electron chi connectivity index (χ2n) is 6.09. The van der Waals surface area contributed by atoms with Crippen LogP contribution in [0.3, 0.4) is 0 Å². The van der Waals surface area contributed by atoms with E-state index in [1.54, 1.807) is 6.08 Å². The number of nitrogens with zero attached hydrogens (tertiary/aromatic N) is 1. The molecule has 140 valence electrons. The molecule has 3 aromatic rings. The standard InChI is InChI=1S/C20H19ClN2O2S2/c1-14-7-9-16(10-8-14)11-12-27(24,25)22-13-19-15(2)23-20(26-19)17-5-3-4-6-18(17)21/h3-12,22H,13H2,1-2H3/b12-11+. The molecular formula is C20H19ClN2O2S2. The lowest BCUT2D eigenvalue weighted by Gasteiger charge is -2.02. The van der Waals surface area contributed by atoms with Gasteiger partial charge in [-0.3, -0.25) is 0 Å². The van der Waals surface area contributed by atoms with E-state index in [4.69, 9.17) is 11.6 Å². The van der Waals surface area contributed by atoms with Crippen molar-refractivity contribution in [3.05, 3.63) is 80.7 Å². The first kappa shape index (κ1) is 19.8. The Bertz CT molecular complexity index is 1070. The Hall–Kier alpha value is -1.99. The zero-order chi connectivity index (χ0) is 19.4. The van der Waals surface area contributed by atoms with E-state index in [9.17, 15) is 8.42 Å². The molecule has 1 N–H and O–H groups in total. The first-order valence-corrected chi connectivity index (χ1v) is 11.0. The van der Waals surface area contributed by atoms with Gasteiger partial charge in [0.25, 0.3) is 0 Å². The van der Waals surface area contributed by atoms with E-state index in [1.165, 1.54) is 16.7 Å². The fourth-order valence-corrected chi connectivity index (χ4v) is 4.59. The van der Waals surface area contributed by atoms with Crippen molar-refractivity contribution in [2.24, 2.45) is 0 Å². The van der Waals surface area contributed by atoms with E-state index in [0.717, 1.165) is 32.3 Å². The Morgan fingerprint density at radius 3 is 2.52 bits per heavy atom. The zero-order valence-electron chi connectivity index (χ0n) is 14.9. The molecular weight excluding hydrogens is 400 g/mol. The molecule has 3 rings (SSSR count). The number of rotatable bonds is 6. The summed E-state index contributed by atoms with van der Waals surface area (Å²) < 4.78 is 27.1. The third-order valence-corrected chi connectivity index (χ3v) is 6.51. The maximum atomic E-state index is 12.3. The summed E-state index contributed by atoms with van der Waals surface area (Å²) in [6.07, 6.45) is 1.58. The second-order valence-corrected chi connectivity index (χ2v) is 9.23. The Balaban J connectivity index is 1.71. The Morgan fingerprint density at radius 1 is 1.11 bits per heavy atom. The van der Waals surface area contributed by atoms with Crippen LogP contribution in [0.1, 0.15) is 21.7 Å². The van der Waals surface area contributed by atoms with Gasteiger partial charge in [-0.25, -0.2) is 18.1 Å². The molecule has 0 atom stereocenters. The lowest BCUT2D eigenvalue weighted by molar-refractivity contribution is 0.591. The maximum Gasteiger partial charge on any atom is 0.234 e. The molecule has 1 heterocycles. The molecule has 2 aromatic carbocycles. The average Bonchev–Trinajstić information content (AvgIpc) is 3.01. The second kappa shape index (κ2) is 8.35. The van der Waals surface area contributed by atoms with E-state index in [-0.39, 0.29) is 6.54 Å². The van der Waals surface area contributed by atoms with Crippen LogP contribution < -0.4 is 4.72 Å². The largest absolute Gasteiger partial charge is 0.241 e. The van der Waals surface area contributed by atoms with Gasteiger partial charge in [0, 0.05) is 22.4 Å². The maximum absolute atomic E-state index is 12.3. The summed E-state index contributed by atoms with van der Waals surface area (Å²) in [5, 5.41) is 2.59. The Kier molecular flexibility index (Phi) is 6.11. The normalized spacial score (nSPS) is 12.0. The summed E-state index contributed by atoms with van der Waals surface area (Å²) >= 11 is 7.66. The number of aryl methyl sites for hydroxylation is 2. The van der Waals surface area contributed by atoms with Gasteiger partial charge in [0.05, 0.1) is 10.7 Å². The van der Waals surface area contributed by atoms with Crippen molar-refractivity contribution in [2.45, 2.75) is 20.4 Å². The minimum Gasteiger partial charge on any atom is -0.241 e. The predicted octanol–water partition coefficient (Wildman–Crippen LogP) is 5.17. The molecule has 0 saturated carbocycles. The Morgan fingerprint density at radius 2 is 1.81 bits per heavy atom. The summed E-state index contributed by atoms with van der Waals surface area (Å²) in [7, 11) is -3.55. The molecule has 0 saturated heterocycles. The van der Waals surface area contributed by atoms with E-state index in [2.05, 4.69) is 9.71 Å². The van der Waals surface area contributed by atoms with Crippen LogP contribution >= 0.6 is 22.9 Å². The molecule has 27 heavy (non-hydrogen) atoms. The van der Waals surface area contributed by atoms with E-state index < -0.39 is 10.0 Å². The van der Waals surface area contributed by atoms with Crippen LogP contribution in [0.4, 0.5) is 0 Å². The van der Waals surface area contributed by atoms with Gasteiger partial charge in [-0.15, -0.1) is 11.3 Å². The van der Waals surface area contributed by atoms with Crippen LogP contribution in [0.25, 0.3) is 16.6 Å². The number of hydrogen-bond acceptors (Lipinski definition) is 4. The van der Waals surface area contributed by atoms with Gasteiger partial charge in [-0.2, -0.15) is 0 Å². The SMILES string of the molecule is Cc1ccc(/C=C/S(=O)(=O)NCc2sc(-c3ccccc3Cl)nc2C)cc1. The Labute approximate surface area is 168 Å². The molecule has 0 unspecified atom stereocenters. The number of nitrogens with one attached hydrogen (secondary N) is 1. The smallest absolute Gasteiger partial charge is 0.234 e. The van der Waals surface area contributed by atoms with Crippen molar-refractivity contribution < 1.29 is 8.42 Å². The van der Waals surface area contributed by atoms with E-state index in [1.807, 2.05) is 62.4 Å². The predicted molar refractivity (Wildman–Crippen MR) is 113 cm³/mol. The number of benzene rings is 2. The highest BCUT2D eigenvalue weighted by atomic mass is 35.5. The number of sulfonamides is 1. The molecule has 0 radical (unpaired) electrons. The molecule has 4 nitrogen and oxygen atoms in total. The summed E-state index contributed by atoms with van der Waals surface area (Å²) in [5.74, 6) is 0. The number of aromatic nitrogens is 1. The molecule has 0 aliphatic rings. The molecule has 0 aliphatic carbocycles. The molecule has 0 amide bonds. The van der Waals surface area contributed by atoms with Crippen molar-refractivity contribution in [3.63, 3.8) is 0 Å². The lowest BCUT2D eigenvalue weighted by Crippen LogP contribution is -2.20. The van der Waals surface area contributed by atoms with Crippen LogP contribution in [0.15, 0.2) is 53.9 Å². The van der Waals surface area contributed by atoms with Gasteiger partial charge >= 0.3 is 0 Å². The highest BCUT2D eigenvalue weighted by Gasteiger charge is 2.13. The van der Waals surface area contributed by atoms with Crippen LogP contribution in [0.2, 0.25) is 5.02 Å². The fraction of sp³-hybridized carbons (Fsp3) is 0.150. The van der Waals surface area contributed by atoms with E-state index in [0.29, 0.717) is 5.02 Å². The molecule has 0 aliphatic heterocycles. The quantitative estimate of drug-likeness (QED) is 0.600. The molecule has 7 heteroatoms. The fourth-order valence-electron chi connectivity index (χ4n) is 2.40. The van der Waals surface area contributed by atoms with Crippen molar-refractivity contribution in [1.29, 1.82) is 0 Å². The molecule has 0 fully saturated rings. The zero-order valence-corrected chi connectivity index (χ0v) is 17.3. The summed E-state index contributed by atoms with van der Waals surface area (Å²) in [6, 6.07) is 15.1. The topological polar surface area (TPSA) is 59.1 Å². The van der Waals surface area contributed by atoms with Gasteiger partial charge in [0.1, 0.15) is 5.01 Å². The summed E-state index contributed by atoms with van der Waals surface area (Å²) in [6.45, 7) is 4.04. The van der Waals surface area contributed by atoms with Gasteiger partial charge in [-0.05, 0) is 31.6 Å². The first-order valence-electron chi connectivity index (χ1n) is 8.30. The third kappa shape index (κ3) is 5.26. The van der Waals surface area contributed by atoms with Crippen molar-refractivity contribution in [1.82, 2.24) is 9.71 Å². The van der Waals surface area contributed by atoms with Crippen molar-refractivity contribution in [3.8, 4) is 10.6 Å². The minimum atomic E-state index is -3.55. The van der Waals surface area contributed by atoms with Gasteiger partial charge in [-0.1, -0.05) is 59.6 Å². The number of thiazole rings is 1. The molecule has 0 bridgehead atoms. The monoisotopic (exact) mass is 418 g/mol. The van der Waals surface area contributed by atoms with Gasteiger partial charge in [0.2, 0.25) is 10.0 Å². The minimum absolute atomic E-state index is 0.189. The first-order chi connectivity index (χ1) is 12.8. The van der Waals surface area contributed by atoms with Gasteiger partial charge in [0.15, 0.2) is 0 Å². The average molecular weight is 419 g/mol. The lowest BCUT2D eigenvalue weighted by atomic mass is 10.2. The highest BCUT2D eigenvalue weighted by molar-refractivity contribution is 7.92. The highest BCUT2D eigenvalue weighted by Crippen LogP contribution is 2.32. The number of hydrogen-bond donors (Lipinski definition) is 1. The van der Waals surface area contributed by atoms with Crippen LogP contribution in [-0.4, -0.2) is 13.4 Å². The van der Waals surface area contributed by atoms with E-state index >= 15 is 0 Å². The summed E-state index contributed by atoms with van der Waals surface area (Å²) in [5.41, 5.74) is 3.60. The van der Waals surface area contributed by atoms with Crippen LogP contribution in [0, 0.1) is 13.8 Å². The molecule has 0 spiro atoms. The molecule has 1 aromatic heterocycles. The van der Waals surface area contributed by atoms with Crippen molar-refractivity contribution in [2.75, 3.05) is 0 Å². The summed E-state index contributed by atoms with van der Waals surface area (Å²) in [4.78, 5) is 5.38. The van der Waals surface area contributed by atoms with Crippen molar-refractivity contribution >= 4 is 39.0 Å². The van der Waals surface area contributed by atoms with Crippen LogP contribution in [0.5, 0.6) is 0 Å². The van der Waals surface area contributed by atoms with Gasteiger partial charge < -0.3 is 0 Å². The third-order valence-electron chi connectivity index (χ3n) is 3.95. The van der Waals surface area contributed by atoms with Crippen LogP contribution in [-0.2, 0) is 16.6 Å². The number of halogens is 1.